The van der Waals surface area contributed by atoms with Crippen molar-refractivity contribution in [2.75, 3.05) is 0 Å². The van der Waals surface area contributed by atoms with Crippen molar-refractivity contribution < 1.29 is 0 Å². The second-order valence-electron chi connectivity index (χ2n) is 7.96. The van der Waals surface area contributed by atoms with E-state index in [0.29, 0.717) is 17.3 Å². The highest BCUT2D eigenvalue weighted by molar-refractivity contribution is 5.09. The van der Waals surface area contributed by atoms with Crippen LogP contribution in [0.5, 0.6) is 0 Å². The first-order chi connectivity index (χ1) is 7.84. The Kier molecular flexibility index (Phi) is 5.31. The quantitative estimate of drug-likeness (QED) is 0.485. The number of hydrogen-bond donors (Lipinski definition) is 0. The van der Waals surface area contributed by atoms with E-state index in [0.717, 1.165) is 6.42 Å². The Morgan fingerprint density at radius 2 is 1.28 bits per heavy atom. The molecule has 0 aromatic heterocycles. The van der Waals surface area contributed by atoms with Gasteiger partial charge in [0.25, 0.3) is 0 Å². The Hall–Kier alpha value is -0.260. The van der Waals surface area contributed by atoms with Gasteiger partial charge in [0.2, 0.25) is 0 Å². The van der Waals surface area contributed by atoms with Crippen LogP contribution in [0.15, 0.2) is 12.2 Å². The summed E-state index contributed by atoms with van der Waals surface area (Å²) < 4.78 is 0. The molecule has 0 aliphatic heterocycles. The van der Waals surface area contributed by atoms with Gasteiger partial charge in [-0.1, -0.05) is 81.4 Å². The van der Waals surface area contributed by atoms with Gasteiger partial charge < -0.3 is 0 Å². The van der Waals surface area contributed by atoms with Gasteiger partial charge >= 0.3 is 0 Å². The summed E-state index contributed by atoms with van der Waals surface area (Å²) in [5, 5.41) is 0. The topological polar surface area (TPSA) is 0 Å². The van der Waals surface area contributed by atoms with Crippen molar-refractivity contribution >= 4 is 0 Å². The Bertz CT molecular complexity index is 289. The van der Waals surface area contributed by atoms with E-state index in [2.05, 4.69) is 75.8 Å². The largest absolute Gasteiger partial charge is 0.0996 e. The van der Waals surface area contributed by atoms with Gasteiger partial charge in [0.1, 0.15) is 0 Å². The van der Waals surface area contributed by atoms with Crippen LogP contribution >= 0.6 is 0 Å². The van der Waals surface area contributed by atoms with Crippen LogP contribution in [-0.4, -0.2) is 0 Å². The molecular formula is C18H36. The van der Waals surface area contributed by atoms with Gasteiger partial charge in [-0.25, -0.2) is 0 Å². The average Bonchev–Trinajstić information content (AvgIpc) is 2.25. The van der Waals surface area contributed by atoms with Gasteiger partial charge in [-0.3, -0.25) is 0 Å². The molecular weight excluding hydrogens is 216 g/mol. The molecule has 108 valence electrons. The van der Waals surface area contributed by atoms with Crippen LogP contribution < -0.4 is 0 Å². The molecule has 0 rings (SSSR count). The minimum Gasteiger partial charge on any atom is -0.0996 e. The normalized spacial score (nSPS) is 15.9. The average molecular weight is 252 g/mol. The van der Waals surface area contributed by atoms with Crippen LogP contribution in [0.25, 0.3) is 0 Å². The maximum atomic E-state index is 4.28. The fourth-order valence-corrected chi connectivity index (χ4v) is 2.91. The molecule has 0 saturated heterocycles. The SMILES string of the molecule is C=C(CC)C(C)C(C)(C)C(C)(C)C(C)(C)C(C)C. The van der Waals surface area contributed by atoms with Crippen molar-refractivity contribution in [2.24, 2.45) is 28.1 Å². The summed E-state index contributed by atoms with van der Waals surface area (Å²) in [4.78, 5) is 0. The van der Waals surface area contributed by atoms with Crippen molar-refractivity contribution in [2.45, 2.75) is 75.7 Å². The first-order valence-electron chi connectivity index (χ1n) is 7.51. The first-order valence-corrected chi connectivity index (χ1v) is 7.51. The van der Waals surface area contributed by atoms with E-state index in [1.54, 1.807) is 0 Å². The van der Waals surface area contributed by atoms with E-state index < -0.39 is 0 Å². The molecule has 1 atom stereocenters. The molecule has 0 fully saturated rings. The molecule has 0 aromatic carbocycles. The van der Waals surface area contributed by atoms with Crippen molar-refractivity contribution in [3.8, 4) is 0 Å². The third-order valence-electron chi connectivity index (χ3n) is 6.81. The second kappa shape index (κ2) is 5.39. The van der Waals surface area contributed by atoms with Crippen LogP contribution in [0.3, 0.4) is 0 Å². The number of rotatable bonds is 6. The standard InChI is InChI=1S/C18H36/c1-12-14(4)15(5)17(8,9)18(10,11)16(6,7)13(2)3/h13,15H,4,12H2,1-3,5-11H3. The van der Waals surface area contributed by atoms with Gasteiger partial charge in [0.05, 0.1) is 0 Å². The maximum absolute atomic E-state index is 4.28. The summed E-state index contributed by atoms with van der Waals surface area (Å²) in [6, 6.07) is 0. The highest BCUT2D eigenvalue weighted by Crippen LogP contribution is 2.58. The van der Waals surface area contributed by atoms with E-state index in [4.69, 9.17) is 0 Å². The van der Waals surface area contributed by atoms with Crippen LogP contribution in [-0.2, 0) is 0 Å². The minimum absolute atomic E-state index is 0.244. The number of allylic oxidation sites excluding steroid dienone is 1. The molecule has 0 amide bonds. The summed E-state index contributed by atoms with van der Waals surface area (Å²) in [5.74, 6) is 1.23. The molecule has 0 heterocycles. The van der Waals surface area contributed by atoms with Gasteiger partial charge in [-0.15, -0.1) is 0 Å². The van der Waals surface area contributed by atoms with E-state index in [-0.39, 0.29) is 10.8 Å². The van der Waals surface area contributed by atoms with Crippen molar-refractivity contribution in [1.82, 2.24) is 0 Å². The van der Waals surface area contributed by atoms with Crippen LogP contribution in [0.2, 0.25) is 0 Å². The smallest absolute Gasteiger partial charge is 0.0178 e. The molecule has 0 aliphatic rings. The highest BCUT2D eigenvalue weighted by Gasteiger charge is 2.51. The van der Waals surface area contributed by atoms with Gasteiger partial charge in [0.15, 0.2) is 0 Å². The molecule has 0 spiro atoms. The van der Waals surface area contributed by atoms with E-state index >= 15 is 0 Å². The van der Waals surface area contributed by atoms with Crippen LogP contribution in [0.4, 0.5) is 0 Å². The molecule has 0 heteroatoms. The van der Waals surface area contributed by atoms with Gasteiger partial charge in [-0.05, 0) is 34.5 Å². The van der Waals surface area contributed by atoms with E-state index in [9.17, 15) is 0 Å². The summed E-state index contributed by atoms with van der Waals surface area (Å²) >= 11 is 0. The van der Waals surface area contributed by atoms with Crippen LogP contribution in [0.1, 0.15) is 75.7 Å². The Balaban J connectivity index is 5.51. The monoisotopic (exact) mass is 252 g/mol. The number of hydrogen-bond acceptors (Lipinski definition) is 0. The molecule has 0 nitrogen and oxygen atoms in total. The molecule has 0 aliphatic carbocycles. The summed E-state index contributed by atoms with van der Waals surface area (Å²) in [6.07, 6.45) is 1.09. The van der Waals surface area contributed by atoms with Crippen LogP contribution in [0, 0.1) is 28.1 Å². The molecule has 1 unspecified atom stereocenters. The Labute approximate surface area is 116 Å². The fourth-order valence-electron chi connectivity index (χ4n) is 2.91. The summed E-state index contributed by atoms with van der Waals surface area (Å²) in [6.45, 7) is 28.1. The summed E-state index contributed by atoms with van der Waals surface area (Å²) in [7, 11) is 0. The van der Waals surface area contributed by atoms with E-state index in [1.807, 2.05) is 0 Å². The molecule has 0 radical (unpaired) electrons. The third kappa shape index (κ3) is 2.68. The van der Waals surface area contributed by atoms with E-state index in [1.165, 1.54) is 5.57 Å². The third-order valence-corrected chi connectivity index (χ3v) is 6.81. The van der Waals surface area contributed by atoms with Crippen molar-refractivity contribution in [3.05, 3.63) is 12.2 Å². The molecule has 0 saturated carbocycles. The van der Waals surface area contributed by atoms with Crippen molar-refractivity contribution in [3.63, 3.8) is 0 Å². The zero-order chi connectivity index (χ0) is 14.9. The van der Waals surface area contributed by atoms with Gasteiger partial charge in [-0.2, -0.15) is 0 Å². The second-order valence-corrected chi connectivity index (χ2v) is 7.96. The zero-order valence-corrected chi connectivity index (χ0v) is 14.6. The Morgan fingerprint density at radius 3 is 1.56 bits per heavy atom. The maximum Gasteiger partial charge on any atom is -0.0178 e. The molecule has 18 heavy (non-hydrogen) atoms. The minimum atomic E-state index is 0.244. The fraction of sp³-hybridized carbons (Fsp3) is 0.889. The lowest BCUT2D eigenvalue weighted by Crippen LogP contribution is -2.50. The van der Waals surface area contributed by atoms with Gasteiger partial charge in [0, 0.05) is 0 Å². The molecule has 0 N–H and O–H groups in total. The molecule has 0 aromatic rings. The van der Waals surface area contributed by atoms with Crippen molar-refractivity contribution in [1.29, 1.82) is 0 Å². The first kappa shape index (κ1) is 17.7. The zero-order valence-electron chi connectivity index (χ0n) is 14.6. The lowest BCUT2D eigenvalue weighted by Gasteiger charge is -2.57. The lowest BCUT2D eigenvalue weighted by molar-refractivity contribution is -0.0700. The Morgan fingerprint density at radius 1 is 0.889 bits per heavy atom. The highest BCUT2D eigenvalue weighted by atomic mass is 14.6. The lowest BCUT2D eigenvalue weighted by atomic mass is 9.48. The summed E-state index contributed by atoms with van der Waals surface area (Å²) in [5.41, 5.74) is 2.19. The predicted molar refractivity (Wildman–Crippen MR) is 84.8 cm³/mol. The molecule has 0 bridgehead atoms. The predicted octanol–water partition coefficient (Wildman–Crippen LogP) is 6.32.